The van der Waals surface area contributed by atoms with E-state index in [-0.39, 0.29) is 24.0 Å². The average molecular weight is 460 g/mol. The van der Waals surface area contributed by atoms with Crippen molar-refractivity contribution in [3.8, 4) is 0 Å². The van der Waals surface area contributed by atoms with Crippen molar-refractivity contribution in [2.24, 2.45) is 10.9 Å². The minimum atomic E-state index is 0. The molecule has 1 heterocycles. The van der Waals surface area contributed by atoms with Gasteiger partial charge in [-0.1, -0.05) is 30.3 Å². The summed E-state index contributed by atoms with van der Waals surface area (Å²) in [6.45, 7) is 8.72. The van der Waals surface area contributed by atoms with Gasteiger partial charge in [-0.25, -0.2) is 0 Å². The highest BCUT2D eigenvalue weighted by molar-refractivity contribution is 14.0. The van der Waals surface area contributed by atoms with Crippen molar-refractivity contribution in [1.82, 2.24) is 15.1 Å². The second kappa shape index (κ2) is 12.5. The van der Waals surface area contributed by atoms with Gasteiger partial charge in [0.25, 0.3) is 0 Å². The number of halogens is 1. The molecule has 1 saturated heterocycles. The topological polar surface area (TPSA) is 40.1 Å². The molecule has 0 amide bonds. The Morgan fingerprint density at radius 1 is 1.36 bits per heavy atom. The van der Waals surface area contributed by atoms with Crippen LogP contribution in [0.2, 0.25) is 0 Å². The van der Waals surface area contributed by atoms with Crippen LogP contribution in [0.4, 0.5) is 0 Å². The summed E-state index contributed by atoms with van der Waals surface area (Å²) in [5.74, 6) is 1.67. The van der Waals surface area contributed by atoms with Gasteiger partial charge in [0.05, 0.1) is 13.2 Å². The molecule has 0 saturated carbocycles. The Bertz CT molecular complexity index is 497. The van der Waals surface area contributed by atoms with Crippen LogP contribution in [0.1, 0.15) is 18.9 Å². The van der Waals surface area contributed by atoms with Crippen LogP contribution in [0.25, 0.3) is 0 Å². The van der Waals surface area contributed by atoms with Crippen LogP contribution in [0.5, 0.6) is 0 Å². The third-order valence-corrected chi connectivity index (χ3v) is 4.36. The molecule has 1 fully saturated rings. The maximum atomic E-state index is 5.29. The van der Waals surface area contributed by atoms with Crippen LogP contribution in [-0.4, -0.2) is 69.2 Å². The molecule has 1 unspecified atom stereocenters. The summed E-state index contributed by atoms with van der Waals surface area (Å²) in [6.07, 6.45) is 1.19. The van der Waals surface area contributed by atoms with Gasteiger partial charge in [-0.15, -0.1) is 24.0 Å². The van der Waals surface area contributed by atoms with Crippen LogP contribution in [0, 0.1) is 5.92 Å². The fraction of sp³-hybridized carbons (Fsp3) is 0.632. The minimum absolute atomic E-state index is 0. The lowest BCUT2D eigenvalue weighted by Crippen LogP contribution is -2.40. The number of guanidine groups is 1. The van der Waals surface area contributed by atoms with E-state index in [9.17, 15) is 0 Å². The minimum Gasteiger partial charge on any atom is -0.384 e. The summed E-state index contributed by atoms with van der Waals surface area (Å²) < 4.78 is 5.29. The van der Waals surface area contributed by atoms with Crippen molar-refractivity contribution < 1.29 is 4.74 Å². The number of hydrogen-bond donors (Lipinski definition) is 1. The largest absolute Gasteiger partial charge is 0.384 e. The van der Waals surface area contributed by atoms with Crippen LogP contribution in [-0.2, 0) is 11.3 Å². The van der Waals surface area contributed by atoms with Gasteiger partial charge < -0.3 is 19.9 Å². The van der Waals surface area contributed by atoms with Crippen molar-refractivity contribution in [3.05, 3.63) is 35.9 Å². The van der Waals surface area contributed by atoms with Gasteiger partial charge in [0.1, 0.15) is 0 Å². The summed E-state index contributed by atoms with van der Waals surface area (Å²) >= 11 is 0. The second-order valence-electron chi connectivity index (χ2n) is 6.52. The molecular weight excluding hydrogens is 427 g/mol. The summed E-state index contributed by atoms with van der Waals surface area (Å²) in [7, 11) is 3.93. The van der Waals surface area contributed by atoms with E-state index >= 15 is 0 Å². The smallest absolute Gasteiger partial charge is 0.193 e. The molecule has 1 atom stereocenters. The zero-order chi connectivity index (χ0) is 17.2. The van der Waals surface area contributed by atoms with E-state index in [1.54, 1.807) is 7.11 Å². The number of nitrogens with zero attached hydrogens (tertiary/aromatic N) is 3. The molecule has 6 heteroatoms. The average Bonchev–Trinajstić information content (AvgIpc) is 3.04. The van der Waals surface area contributed by atoms with Gasteiger partial charge in [0.2, 0.25) is 0 Å². The predicted molar refractivity (Wildman–Crippen MR) is 116 cm³/mol. The van der Waals surface area contributed by atoms with Crippen LogP contribution >= 0.6 is 24.0 Å². The highest BCUT2D eigenvalue weighted by atomic mass is 127. The van der Waals surface area contributed by atoms with E-state index in [4.69, 9.17) is 9.73 Å². The maximum Gasteiger partial charge on any atom is 0.193 e. The monoisotopic (exact) mass is 460 g/mol. The molecule has 0 aromatic heterocycles. The molecule has 1 aromatic rings. The first-order chi connectivity index (χ1) is 11.7. The van der Waals surface area contributed by atoms with E-state index < -0.39 is 0 Å². The first-order valence-corrected chi connectivity index (χ1v) is 8.97. The Morgan fingerprint density at radius 3 is 2.80 bits per heavy atom. The van der Waals surface area contributed by atoms with Gasteiger partial charge in [-0.05, 0) is 26.0 Å². The highest BCUT2D eigenvalue weighted by Crippen LogP contribution is 2.16. The van der Waals surface area contributed by atoms with Crippen molar-refractivity contribution in [2.45, 2.75) is 19.9 Å². The fourth-order valence-electron chi connectivity index (χ4n) is 3.12. The zero-order valence-electron chi connectivity index (χ0n) is 15.8. The van der Waals surface area contributed by atoms with Gasteiger partial charge in [0, 0.05) is 45.8 Å². The molecule has 1 N–H and O–H groups in total. The number of hydrogen-bond acceptors (Lipinski definition) is 3. The lowest BCUT2D eigenvalue weighted by Gasteiger charge is -2.22. The second-order valence-corrected chi connectivity index (χ2v) is 6.52. The Morgan fingerprint density at radius 2 is 2.12 bits per heavy atom. The Balaban J connectivity index is 0.00000312. The third-order valence-electron chi connectivity index (χ3n) is 4.36. The van der Waals surface area contributed by atoms with Gasteiger partial charge in [-0.2, -0.15) is 0 Å². The number of rotatable bonds is 8. The first-order valence-electron chi connectivity index (χ1n) is 8.97. The summed E-state index contributed by atoms with van der Waals surface area (Å²) in [4.78, 5) is 9.51. The Hall–Kier alpha value is -0.860. The number of benzene rings is 1. The Labute approximate surface area is 169 Å². The fourth-order valence-corrected chi connectivity index (χ4v) is 3.12. The molecule has 5 nitrogen and oxygen atoms in total. The predicted octanol–water partition coefficient (Wildman–Crippen LogP) is 2.67. The number of nitrogens with one attached hydrogen (secondary N) is 1. The molecular formula is C19H33IN4O. The summed E-state index contributed by atoms with van der Waals surface area (Å²) in [6, 6.07) is 10.6. The van der Waals surface area contributed by atoms with Crippen LogP contribution in [0.15, 0.2) is 35.3 Å². The van der Waals surface area contributed by atoms with Crippen molar-refractivity contribution in [3.63, 3.8) is 0 Å². The molecule has 1 aliphatic heterocycles. The molecule has 1 aromatic carbocycles. The highest BCUT2D eigenvalue weighted by Gasteiger charge is 2.24. The van der Waals surface area contributed by atoms with Crippen molar-refractivity contribution in [1.29, 1.82) is 0 Å². The normalized spacial score (nSPS) is 17.7. The van der Waals surface area contributed by atoms with Gasteiger partial charge in [0.15, 0.2) is 5.96 Å². The summed E-state index contributed by atoms with van der Waals surface area (Å²) in [5, 5.41) is 3.43. The number of likely N-dealkylation sites (N-methyl/N-ethyl adjacent to an activating group) is 1. The van der Waals surface area contributed by atoms with Gasteiger partial charge in [-0.3, -0.25) is 4.99 Å². The lowest BCUT2D eigenvalue weighted by atomic mass is 10.1. The molecule has 0 bridgehead atoms. The van der Waals surface area contributed by atoms with E-state index in [0.717, 1.165) is 51.8 Å². The van der Waals surface area contributed by atoms with E-state index in [1.165, 1.54) is 12.0 Å². The first kappa shape index (κ1) is 22.2. The maximum absolute atomic E-state index is 5.29. The summed E-state index contributed by atoms with van der Waals surface area (Å²) in [5.41, 5.74) is 1.35. The number of methoxy groups -OCH3 is 1. The number of likely N-dealkylation sites (tertiary alicyclic amines) is 1. The molecule has 0 aliphatic carbocycles. The molecule has 0 spiro atoms. The standard InChI is InChI=1S/C19H32N4O.HI/c1-4-20-19(23-12-10-18(15-23)16-24-3)21-11-13-22(2)14-17-8-6-5-7-9-17;/h5-9,18H,4,10-16H2,1-3H3,(H,20,21);1H. The van der Waals surface area contributed by atoms with Crippen LogP contribution < -0.4 is 5.32 Å². The van der Waals surface area contributed by atoms with E-state index in [2.05, 4.69) is 59.4 Å². The Kier molecular flexibility index (Phi) is 11.1. The quantitative estimate of drug-likeness (QED) is 0.368. The van der Waals surface area contributed by atoms with Crippen LogP contribution in [0.3, 0.4) is 0 Å². The molecule has 142 valence electrons. The van der Waals surface area contributed by atoms with E-state index in [1.807, 2.05) is 0 Å². The zero-order valence-corrected chi connectivity index (χ0v) is 18.1. The molecule has 1 aliphatic rings. The number of aliphatic imine (C=N–C) groups is 1. The van der Waals surface area contributed by atoms with Crippen molar-refractivity contribution in [2.75, 3.05) is 53.5 Å². The van der Waals surface area contributed by atoms with E-state index in [0.29, 0.717) is 5.92 Å². The lowest BCUT2D eigenvalue weighted by molar-refractivity contribution is 0.157. The molecule has 2 rings (SSSR count). The van der Waals surface area contributed by atoms with Gasteiger partial charge >= 0.3 is 0 Å². The van der Waals surface area contributed by atoms with Crippen molar-refractivity contribution >= 4 is 29.9 Å². The molecule has 0 radical (unpaired) electrons. The molecule has 25 heavy (non-hydrogen) atoms. The SMILES string of the molecule is CCNC(=NCCN(C)Cc1ccccc1)N1CCC(COC)C1.I. The number of ether oxygens (including phenoxy) is 1. The third kappa shape index (κ3) is 7.92.